The second kappa shape index (κ2) is 6.00. The van der Waals surface area contributed by atoms with Gasteiger partial charge in [-0.15, -0.1) is 0 Å². The van der Waals surface area contributed by atoms with Crippen molar-refractivity contribution in [1.29, 1.82) is 0 Å². The number of anilines is 1. The molecule has 0 spiro atoms. The van der Waals surface area contributed by atoms with Crippen molar-refractivity contribution >= 4 is 15.7 Å². The molecule has 0 saturated carbocycles. The number of likely N-dealkylation sites (N-methyl/N-ethyl adjacent to an activating group) is 1. The fourth-order valence-corrected chi connectivity index (χ4v) is 2.58. The molecule has 96 valence electrons. The fourth-order valence-electron chi connectivity index (χ4n) is 1.63. The Labute approximate surface area is 102 Å². The lowest BCUT2D eigenvalue weighted by Gasteiger charge is -2.24. The van der Waals surface area contributed by atoms with E-state index in [-0.39, 0.29) is 11.5 Å². The average Bonchev–Trinajstić information content (AvgIpc) is 2.36. The number of hydrogen-bond acceptors (Lipinski definition) is 4. The van der Waals surface area contributed by atoms with Crippen molar-refractivity contribution in [2.75, 3.05) is 31.6 Å². The zero-order valence-corrected chi connectivity index (χ0v) is 10.9. The molecular formula is C11H18N2O3S. The van der Waals surface area contributed by atoms with Crippen LogP contribution in [-0.2, 0) is 10.0 Å². The van der Waals surface area contributed by atoms with Gasteiger partial charge < -0.3 is 10.0 Å². The van der Waals surface area contributed by atoms with Crippen LogP contribution in [0.25, 0.3) is 0 Å². The number of aliphatic hydroxyl groups excluding tert-OH is 1. The lowest BCUT2D eigenvalue weighted by atomic mass is 10.3. The van der Waals surface area contributed by atoms with Crippen LogP contribution in [0, 0.1) is 0 Å². The van der Waals surface area contributed by atoms with Crippen LogP contribution in [0.4, 0.5) is 5.69 Å². The van der Waals surface area contributed by atoms with E-state index in [0.29, 0.717) is 18.8 Å². The third-order valence-corrected chi connectivity index (χ3v) is 3.98. The highest BCUT2D eigenvalue weighted by Gasteiger charge is 2.18. The predicted molar refractivity (Wildman–Crippen MR) is 67.7 cm³/mol. The summed E-state index contributed by atoms with van der Waals surface area (Å²) < 4.78 is 26.0. The molecule has 0 fully saturated rings. The first-order valence-electron chi connectivity index (χ1n) is 5.45. The normalized spacial score (nSPS) is 11.5. The highest BCUT2D eigenvalue weighted by atomic mass is 32.2. The van der Waals surface area contributed by atoms with E-state index in [1.54, 1.807) is 24.3 Å². The quantitative estimate of drug-likeness (QED) is 0.775. The van der Waals surface area contributed by atoms with Gasteiger partial charge in [0, 0.05) is 13.1 Å². The molecule has 0 aliphatic heterocycles. The van der Waals surface area contributed by atoms with Crippen molar-refractivity contribution in [1.82, 2.24) is 4.72 Å². The summed E-state index contributed by atoms with van der Waals surface area (Å²) in [5.41, 5.74) is 0.610. The average molecular weight is 258 g/mol. The number of para-hydroxylation sites is 1. The van der Waals surface area contributed by atoms with Crippen molar-refractivity contribution in [3.8, 4) is 0 Å². The molecule has 1 rings (SSSR count). The molecule has 0 aromatic heterocycles. The smallest absolute Gasteiger partial charge is 0.242 e. The second-order valence-electron chi connectivity index (χ2n) is 3.48. The van der Waals surface area contributed by atoms with E-state index in [2.05, 4.69) is 4.72 Å². The highest BCUT2D eigenvalue weighted by molar-refractivity contribution is 7.89. The standard InChI is InChI=1S/C11H18N2O3S/c1-3-13(8-9-14)10-6-4-5-7-11(10)17(15,16)12-2/h4-7,12,14H,3,8-9H2,1-2H3. The third-order valence-electron chi connectivity index (χ3n) is 2.52. The lowest BCUT2D eigenvalue weighted by molar-refractivity contribution is 0.302. The molecule has 0 atom stereocenters. The number of nitrogens with zero attached hydrogens (tertiary/aromatic N) is 1. The zero-order valence-electron chi connectivity index (χ0n) is 10.0. The minimum absolute atomic E-state index is 0.0121. The summed E-state index contributed by atoms with van der Waals surface area (Å²) in [6.45, 7) is 2.95. The second-order valence-corrected chi connectivity index (χ2v) is 5.33. The van der Waals surface area contributed by atoms with E-state index in [9.17, 15) is 8.42 Å². The molecule has 2 N–H and O–H groups in total. The van der Waals surface area contributed by atoms with E-state index < -0.39 is 10.0 Å². The maximum Gasteiger partial charge on any atom is 0.242 e. The summed E-state index contributed by atoms with van der Waals surface area (Å²) in [6.07, 6.45) is 0. The van der Waals surface area contributed by atoms with E-state index in [1.165, 1.54) is 7.05 Å². The van der Waals surface area contributed by atoms with Crippen molar-refractivity contribution < 1.29 is 13.5 Å². The first-order chi connectivity index (χ1) is 8.06. The fraction of sp³-hybridized carbons (Fsp3) is 0.455. The Morgan fingerprint density at radius 2 is 2.00 bits per heavy atom. The Balaban J connectivity index is 3.24. The molecule has 0 aliphatic rings. The number of hydrogen-bond donors (Lipinski definition) is 2. The van der Waals surface area contributed by atoms with Crippen molar-refractivity contribution in [3.63, 3.8) is 0 Å². The molecule has 17 heavy (non-hydrogen) atoms. The summed E-state index contributed by atoms with van der Waals surface area (Å²) >= 11 is 0. The van der Waals surface area contributed by atoms with Gasteiger partial charge in [-0.25, -0.2) is 13.1 Å². The first kappa shape index (κ1) is 14.0. The summed E-state index contributed by atoms with van der Waals surface area (Å²) in [4.78, 5) is 2.06. The summed E-state index contributed by atoms with van der Waals surface area (Å²) in [7, 11) is -2.09. The van der Waals surface area contributed by atoms with Crippen LogP contribution in [0.3, 0.4) is 0 Å². The number of nitrogens with one attached hydrogen (secondary N) is 1. The van der Waals surface area contributed by atoms with Crippen molar-refractivity contribution in [2.24, 2.45) is 0 Å². The number of benzene rings is 1. The van der Waals surface area contributed by atoms with Crippen molar-refractivity contribution in [3.05, 3.63) is 24.3 Å². The Hall–Kier alpha value is -1.11. The maximum absolute atomic E-state index is 11.8. The summed E-state index contributed by atoms with van der Waals surface area (Å²) in [5, 5.41) is 8.97. The number of sulfonamides is 1. The Kier molecular flexibility index (Phi) is 4.92. The molecule has 6 heteroatoms. The predicted octanol–water partition coefficient (Wildman–Crippen LogP) is 0.413. The van der Waals surface area contributed by atoms with E-state index in [1.807, 2.05) is 11.8 Å². The topological polar surface area (TPSA) is 69.6 Å². The lowest BCUT2D eigenvalue weighted by Crippen LogP contribution is -2.29. The maximum atomic E-state index is 11.8. The molecule has 0 amide bonds. The molecular weight excluding hydrogens is 240 g/mol. The van der Waals surface area contributed by atoms with Gasteiger partial charge in [-0.2, -0.15) is 0 Å². The van der Waals surface area contributed by atoms with Crippen LogP contribution in [0.5, 0.6) is 0 Å². The number of rotatable bonds is 6. The molecule has 0 heterocycles. The van der Waals surface area contributed by atoms with Gasteiger partial charge in [-0.05, 0) is 26.1 Å². The Bertz CT molecular complexity index is 460. The third kappa shape index (κ3) is 3.18. The van der Waals surface area contributed by atoms with Crippen LogP contribution >= 0.6 is 0 Å². The van der Waals surface area contributed by atoms with Gasteiger partial charge in [-0.3, -0.25) is 0 Å². The van der Waals surface area contributed by atoms with Crippen molar-refractivity contribution in [2.45, 2.75) is 11.8 Å². The van der Waals surface area contributed by atoms with Crippen LogP contribution < -0.4 is 9.62 Å². The van der Waals surface area contributed by atoms with Gasteiger partial charge in [0.15, 0.2) is 0 Å². The summed E-state index contributed by atoms with van der Waals surface area (Å²) in [5.74, 6) is 0. The van der Waals surface area contributed by atoms with Crippen LogP contribution in [0.1, 0.15) is 6.92 Å². The first-order valence-corrected chi connectivity index (χ1v) is 6.93. The molecule has 0 radical (unpaired) electrons. The monoisotopic (exact) mass is 258 g/mol. The number of aliphatic hydroxyl groups is 1. The van der Waals surface area contributed by atoms with E-state index in [0.717, 1.165) is 0 Å². The van der Waals surface area contributed by atoms with Gasteiger partial charge in [0.25, 0.3) is 0 Å². The molecule has 1 aromatic rings. The van der Waals surface area contributed by atoms with Crippen LogP contribution in [0.15, 0.2) is 29.2 Å². The molecule has 5 nitrogen and oxygen atoms in total. The van der Waals surface area contributed by atoms with E-state index >= 15 is 0 Å². The van der Waals surface area contributed by atoms with Gasteiger partial charge in [-0.1, -0.05) is 12.1 Å². The van der Waals surface area contributed by atoms with Crippen LogP contribution in [-0.4, -0.2) is 40.3 Å². The zero-order chi connectivity index (χ0) is 12.9. The van der Waals surface area contributed by atoms with E-state index in [4.69, 9.17) is 5.11 Å². The summed E-state index contributed by atoms with van der Waals surface area (Å²) in [6, 6.07) is 6.76. The van der Waals surface area contributed by atoms with Gasteiger partial charge in [0.05, 0.1) is 12.3 Å². The molecule has 1 aromatic carbocycles. The molecule has 0 aliphatic carbocycles. The Morgan fingerprint density at radius 3 is 2.53 bits per heavy atom. The van der Waals surface area contributed by atoms with Crippen LogP contribution in [0.2, 0.25) is 0 Å². The highest BCUT2D eigenvalue weighted by Crippen LogP contribution is 2.24. The molecule has 0 saturated heterocycles. The minimum atomic E-state index is -3.48. The minimum Gasteiger partial charge on any atom is -0.395 e. The largest absolute Gasteiger partial charge is 0.395 e. The van der Waals surface area contributed by atoms with Gasteiger partial charge in [0.2, 0.25) is 10.0 Å². The molecule has 0 bridgehead atoms. The SMILES string of the molecule is CCN(CCO)c1ccccc1S(=O)(=O)NC. The molecule has 0 unspecified atom stereocenters. The van der Waals surface area contributed by atoms with Gasteiger partial charge in [0.1, 0.15) is 4.90 Å². The van der Waals surface area contributed by atoms with Gasteiger partial charge >= 0.3 is 0 Å². The Morgan fingerprint density at radius 1 is 1.35 bits per heavy atom.